The van der Waals surface area contributed by atoms with Crippen LogP contribution in [0.5, 0.6) is 0 Å². The fraction of sp³-hybridized carbons (Fsp3) is 0.273. The Kier molecular flexibility index (Phi) is 4.66. The molecule has 1 aromatic carbocycles. The van der Waals surface area contributed by atoms with E-state index in [-0.39, 0.29) is 17.1 Å². The predicted octanol–water partition coefficient (Wildman–Crippen LogP) is 3.78. The molecule has 2 N–H and O–H groups in total. The lowest BCUT2D eigenvalue weighted by Crippen LogP contribution is -2.25. The van der Waals surface area contributed by atoms with E-state index in [1.54, 1.807) is 17.1 Å². The van der Waals surface area contributed by atoms with Gasteiger partial charge in [0.05, 0.1) is 23.5 Å². The number of anilines is 1. The Balaban J connectivity index is 1.82. The van der Waals surface area contributed by atoms with Crippen LogP contribution in [0.1, 0.15) is 43.6 Å². The standard InChI is InChI=1S/C22H24N6O/c1-14-8-7-9-15(12-14)18(17-10-5-6-11-23-17)25-21-26-19-16(20(29)27-21)13-24-28(19)22(2,3)4/h5-13,18H,1-4H3,(H2,25,26,27,29). The van der Waals surface area contributed by atoms with Gasteiger partial charge in [-0.1, -0.05) is 35.9 Å². The number of pyridine rings is 1. The average Bonchev–Trinajstić information content (AvgIpc) is 3.12. The first-order valence-corrected chi connectivity index (χ1v) is 9.55. The van der Waals surface area contributed by atoms with Gasteiger partial charge in [-0.05, 0) is 45.4 Å². The Hall–Kier alpha value is -3.48. The van der Waals surface area contributed by atoms with Gasteiger partial charge in [-0.25, -0.2) is 4.68 Å². The number of nitrogens with zero attached hydrogens (tertiary/aromatic N) is 4. The number of aromatic nitrogens is 5. The molecule has 0 amide bonds. The van der Waals surface area contributed by atoms with Crippen LogP contribution in [0.25, 0.3) is 11.0 Å². The molecule has 7 heteroatoms. The topological polar surface area (TPSA) is 88.5 Å². The van der Waals surface area contributed by atoms with Gasteiger partial charge < -0.3 is 5.32 Å². The van der Waals surface area contributed by atoms with Crippen molar-refractivity contribution in [1.29, 1.82) is 0 Å². The van der Waals surface area contributed by atoms with E-state index in [0.29, 0.717) is 17.0 Å². The third-order valence-electron chi connectivity index (χ3n) is 4.71. The second kappa shape index (κ2) is 7.16. The fourth-order valence-electron chi connectivity index (χ4n) is 3.34. The molecular formula is C22H24N6O. The zero-order valence-electron chi connectivity index (χ0n) is 17.0. The maximum Gasteiger partial charge on any atom is 0.263 e. The SMILES string of the molecule is Cc1cccc(C(Nc2nc3c(cnn3C(C)(C)C)c(=O)[nH]2)c2ccccn2)c1. The van der Waals surface area contributed by atoms with Gasteiger partial charge in [0, 0.05) is 6.20 Å². The third kappa shape index (κ3) is 3.76. The van der Waals surface area contributed by atoms with Crippen molar-refractivity contribution in [3.8, 4) is 0 Å². The summed E-state index contributed by atoms with van der Waals surface area (Å²) in [6.07, 6.45) is 3.32. The smallest absolute Gasteiger partial charge is 0.263 e. The molecule has 0 fully saturated rings. The molecule has 0 bridgehead atoms. The molecular weight excluding hydrogens is 364 g/mol. The monoisotopic (exact) mass is 388 g/mol. The Labute approximate surface area is 168 Å². The minimum atomic E-state index is -0.295. The second-order valence-corrected chi connectivity index (χ2v) is 8.13. The van der Waals surface area contributed by atoms with Gasteiger partial charge >= 0.3 is 0 Å². The fourth-order valence-corrected chi connectivity index (χ4v) is 3.34. The summed E-state index contributed by atoms with van der Waals surface area (Å²) < 4.78 is 1.77. The number of hydrogen-bond acceptors (Lipinski definition) is 5. The van der Waals surface area contributed by atoms with Crippen LogP contribution in [0.4, 0.5) is 5.95 Å². The van der Waals surface area contributed by atoms with Crippen LogP contribution in [0.15, 0.2) is 59.7 Å². The lowest BCUT2D eigenvalue weighted by molar-refractivity contribution is 0.366. The maximum absolute atomic E-state index is 12.6. The highest BCUT2D eigenvalue weighted by Gasteiger charge is 2.22. The predicted molar refractivity (Wildman–Crippen MR) is 114 cm³/mol. The summed E-state index contributed by atoms with van der Waals surface area (Å²) in [5, 5.41) is 8.21. The molecule has 0 spiro atoms. The first-order valence-electron chi connectivity index (χ1n) is 9.55. The van der Waals surface area contributed by atoms with Crippen LogP contribution in [-0.2, 0) is 5.54 Å². The number of rotatable bonds is 4. The molecule has 7 nitrogen and oxygen atoms in total. The van der Waals surface area contributed by atoms with Crippen molar-refractivity contribution >= 4 is 17.0 Å². The van der Waals surface area contributed by atoms with Crippen molar-refractivity contribution in [1.82, 2.24) is 24.7 Å². The molecule has 4 rings (SSSR count). The van der Waals surface area contributed by atoms with Crippen LogP contribution in [-0.4, -0.2) is 24.7 Å². The number of benzene rings is 1. The van der Waals surface area contributed by atoms with Gasteiger partial charge in [0.15, 0.2) is 5.65 Å². The normalized spacial score (nSPS) is 12.8. The molecule has 1 unspecified atom stereocenters. The van der Waals surface area contributed by atoms with Crippen molar-refractivity contribution in [2.24, 2.45) is 0 Å². The molecule has 0 radical (unpaired) electrons. The Morgan fingerprint density at radius 1 is 1.14 bits per heavy atom. The molecule has 0 saturated heterocycles. The van der Waals surface area contributed by atoms with E-state index in [0.717, 1.165) is 16.8 Å². The van der Waals surface area contributed by atoms with Crippen LogP contribution in [0.2, 0.25) is 0 Å². The number of aromatic amines is 1. The van der Waals surface area contributed by atoms with Gasteiger partial charge in [0.25, 0.3) is 5.56 Å². The number of fused-ring (bicyclic) bond motifs is 1. The van der Waals surface area contributed by atoms with E-state index in [4.69, 9.17) is 0 Å². The van der Waals surface area contributed by atoms with Crippen molar-refractivity contribution in [3.63, 3.8) is 0 Å². The highest BCUT2D eigenvalue weighted by molar-refractivity contribution is 5.74. The number of hydrogen-bond donors (Lipinski definition) is 2. The van der Waals surface area contributed by atoms with Crippen LogP contribution >= 0.6 is 0 Å². The molecule has 0 aliphatic rings. The Morgan fingerprint density at radius 2 is 1.97 bits per heavy atom. The van der Waals surface area contributed by atoms with Crippen molar-refractivity contribution in [2.45, 2.75) is 39.3 Å². The summed E-state index contributed by atoms with van der Waals surface area (Å²) in [4.78, 5) is 24.7. The van der Waals surface area contributed by atoms with E-state index in [1.807, 2.05) is 64.1 Å². The first kappa shape index (κ1) is 18.9. The Morgan fingerprint density at radius 3 is 2.66 bits per heavy atom. The zero-order chi connectivity index (χ0) is 20.6. The third-order valence-corrected chi connectivity index (χ3v) is 4.71. The summed E-state index contributed by atoms with van der Waals surface area (Å²) in [5.74, 6) is 0.380. The summed E-state index contributed by atoms with van der Waals surface area (Å²) in [5.41, 5.74) is 3.05. The number of nitrogens with one attached hydrogen (secondary N) is 2. The summed E-state index contributed by atoms with van der Waals surface area (Å²) in [6.45, 7) is 8.13. The highest BCUT2D eigenvalue weighted by atomic mass is 16.1. The molecule has 4 aromatic rings. The zero-order valence-corrected chi connectivity index (χ0v) is 17.0. The second-order valence-electron chi connectivity index (χ2n) is 8.13. The maximum atomic E-state index is 12.6. The van der Waals surface area contributed by atoms with Crippen molar-refractivity contribution in [2.75, 3.05) is 5.32 Å². The van der Waals surface area contributed by atoms with Crippen molar-refractivity contribution < 1.29 is 0 Å². The first-order chi connectivity index (χ1) is 13.8. The number of H-pyrrole nitrogens is 1. The largest absolute Gasteiger partial charge is 0.343 e. The van der Waals surface area contributed by atoms with E-state index in [9.17, 15) is 4.79 Å². The molecule has 148 valence electrons. The van der Waals surface area contributed by atoms with Gasteiger partial charge in [-0.3, -0.25) is 14.8 Å². The van der Waals surface area contributed by atoms with Crippen LogP contribution in [0.3, 0.4) is 0 Å². The van der Waals surface area contributed by atoms with E-state index in [1.165, 1.54) is 0 Å². The minimum Gasteiger partial charge on any atom is -0.343 e. The van der Waals surface area contributed by atoms with E-state index in [2.05, 4.69) is 31.4 Å². The molecule has 1 atom stereocenters. The Bertz CT molecular complexity index is 1200. The lowest BCUT2D eigenvalue weighted by atomic mass is 10.0. The molecule has 0 aliphatic carbocycles. The quantitative estimate of drug-likeness (QED) is 0.555. The lowest BCUT2D eigenvalue weighted by Gasteiger charge is -2.21. The summed E-state index contributed by atoms with van der Waals surface area (Å²) in [6, 6.07) is 13.7. The van der Waals surface area contributed by atoms with Gasteiger partial charge in [0.2, 0.25) is 5.95 Å². The average molecular weight is 388 g/mol. The summed E-state index contributed by atoms with van der Waals surface area (Å²) in [7, 11) is 0. The van der Waals surface area contributed by atoms with Gasteiger partial charge in [-0.2, -0.15) is 10.1 Å². The highest BCUT2D eigenvalue weighted by Crippen LogP contribution is 2.25. The van der Waals surface area contributed by atoms with E-state index < -0.39 is 0 Å². The molecule has 3 heterocycles. The van der Waals surface area contributed by atoms with Gasteiger partial charge in [-0.15, -0.1) is 0 Å². The van der Waals surface area contributed by atoms with Gasteiger partial charge in [0.1, 0.15) is 5.39 Å². The molecule has 29 heavy (non-hydrogen) atoms. The van der Waals surface area contributed by atoms with Crippen molar-refractivity contribution in [3.05, 3.63) is 82.0 Å². The minimum absolute atomic E-state index is 0.225. The van der Waals surface area contributed by atoms with E-state index >= 15 is 0 Å². The van der Waals surface area contributed by atoms with Crippen LogP contribution in [0, 0.1) is 6.92 Å². The van der Waals surface area contributed by atoms with Crippen LogP contribution < -0.4 is 10.9 Å². The summed E-state index contributed by atoms with van der Waals surface area (Å²) >= 11 is 0. The molecule has 0 aliphatic heterocycles. The number of aryl methyl sites for hydroxylation is 1. The molecule has 0 saturated carbocycles. The molecule has 3 aromatic heterocycles.